The SMILES string of the molecule is Cc1ccc(OCCNC(=O)c2ccc(CS(=O)(=O)c3ccccc3)o2)cc1. The van der Waals surface area contributed by atoms with Gasteiger partial charge in [-0.15, -0.1) is 0 Å². The van der Waals surface area contributed by atoms with Crippen LogP contribution >= 0.6 is 0 Å². The highest BCUT2D eigenvalue weighted by Gasteiger charge is 2.19. The summed E-state index contributed by atoms with van der Waals surface area (Å²) in [4.78, 5) is 12.4. The van der Waals surface area contributed by atoms with E-state index in [0.717, 1.165) is 11.3 Å². The fraction of sp³-hybridized carbons (Fsp3) is 0.190. The van der Waals surface area contributed by atoms with Crippen LogP contribution < -0.4 is 10.1 Å². The molecule has 0 radical (unpaired) electrons. The molecule has 0 unspecified atom stereocenters. The first kappa shape index (κ1) is 19.7. The van der Waals surface area contributed by atoms with Crippen LogP contribution in [0.15, 0.2) is 76.0 Å². The summed E-state index contributed by atoms with van der Waals surface area (Å²) in [7, 11) is -3.53. The van der Waals surface area contributed by atoms with Gasteiger partial charge in [-0.2, -0.15) is 0 Å². The van der Waals surface area contributed by atoms with Gasteiger partial charge in [0.05, 0.1) is 11.4 Å². The molecule has 0 aliphatic carbocycles. The Balaban J connectivity index is 1.50. The first-order valence-electron chi connectivity index (χ1n) is 8.78. The molecule has 28 heavy (non-hydrogen) atoms. The van der Waals surface area contributed by atoms with Gasteiger partial charge in [0.15, 0.2) is 15.6 Å². The molecule has 0 bridgehead atoms. The van der Waals surface area contributed by atoms with Crippen molar-refractivity contribution in [1.29, 1.82) is 0 Å². The molecular weight excluding hydrogens is 378 g/mol. The molecule has 3 aromatic rings. The number of ether oxygens (including phenoxy) is 1. The van der Waals surface area contributed by atoms with Crippen molar-refractivity contribution in [2.75, 3.05) is 13.2 Å². The predicted octanol–water partition coefficient (Wildman–Crippen LogP) is 3.37. The summed E-state index contributed by atoms with van der Waals surface area (Å²) < 4.78 is 35.7. The summed E-state index contributed by atoms with van der Waals surface area (Å²) in [6, 6.07) is 18.7. The summed E-state index contributed by atoms with van der Waals surface area (Å²) in [5.74, 6) is 0.279. The number of sulfone groups is 1. The average Bonchev–Trinajstić information content (AvgIpc) is 3.15. The van der Waals surface area contributed by atoms with E-state index in [1.807, 2.05) is 31.2 Å². The van der Waals surface area contributed by atoms with Crippen LogP contribution in [0, 0.1) is 6.92 Å². The van der Waals surface area contributed by atoms with E-state index in [2.05, 4.69) is 5.32 Å². The summed E-state index contributed by atoms with van der Waals surface area (Å²) in [6.45, 7) is 2.60. The first-order valence-corrected chi connectivity index (χ1v) is 10.4. The molecule has 0 aliphatic rings. The molecule has 0 aliphatic heterocycles. The second kappa shape index (κ2) is 8.75. The van der Waals surface area contributed by atoms with E-state index in [4.69, 9.17) is 9.15 Å². The van der Waals surface area contributed by atoms with Crippen LogP contribution in [0.5, 0.6) is 5.75 Å². The van der Waals surface area contributed by atoms with Gasteiger partial charge in [0.25, 0.3) is 5.91 Å². The number of aryl methyl sites for hydroxylation is 1. The number of nitrogens with one attached hydrogen (secondary N) is 1. The maximum absolute atomic E-state index is 12.4. The van der Waals surface area contributed by atoms with Crippen LogP contribution in [-0.4, -0.2) is 27.5 Å². The van der Waals surface area contributed by atoms with Crippen LogP contribution in [0.25, 0.3) is 0 Å². The van der Waals surface area contributed by atoms with Gasteiger partial charge >= 0.3 is 0 Å². The molecule has 0 fully saturated rings. The monoisotopic (exact) mass is 399 g/mol. The lowest BCUT2D eigenvalue weighted by Crippen LogP contribution is -2.27. The van der Waals surface area contributed by atoms with Crippen molar-refractivity contribution >= 4 is 15.7 Å². The molecule has 1 amide bonds. The first-order chi connectivity index (χ1) is 13.4. The van der Waals surface area contributed by atoms with E-state index < -0.39 is 15.7 Å². The number of furan rings is 1. The molecule has 0 atom stereocenters. The van der Waals surface area contributed by atoms with Crippen molar-refractivity contribution in [1.82, 2.24) is 5.32 Å². The molecule has 3 rings (SSSR count). The van der Waals surface area contributed by atoms with Crippen LogP contribution in [0.4, 0.5) is 0 Å². The minimum Gasteiger partial charge on any atom is -0.492 e. The van der Waals surface area contributed by atoms with Gasteiger partial charge in [0.2, 0.25) is 0 Å². The van der Waals surface area contributed by atoms with Gasteiger partial charge in [-0.05, 0) is 43.3 Å². The summed E-state index contributed by atoms with van der Waals surface area (Å²) in [5.41, 5.74) is 1.14. The molecule has 1 heterocycles. The Morgan fingerprint density at radius 2 is 1.71 bits per heavy atom. The average molecular weight is 399 g/mol. The van der Waals surface area contributed by atoms with Crippen molar-refractivity contribution in [3.63, 3.8) is 0 Å². The van der Waals surface area contributed by atoms with Crippen LogP contribution in [0.2, 0.25) is 0 Å². The molecule has 0 spiro atoms. The zero-order valence-electron chi connectivity index (χ0n) is 15.4. The van der Waals surface area contributed by atoms with Crippen molar-refractivity contribution < 1.29 is 22.4 Å². The van der Waals surface area contributed by atoms with Crippen LogP contribution in [-0.2, 0) is 15.6 Å². The standard InChI is InChI=1S/C21H21NO5S/c1-16-7-9-17(10-8-16)26-14-13-22-21(23)20-12-11-18(27-20)15-28(24,25)19-5-3-2-4-6-19/h2-12H,13-15H2,1H3,(H,22,23). The Hall–Kier alpha value is -3.06. The lowest BCUT2D eigenvalue weighted by Gasteiger charge is -2.07. The molecule has 0 saturated heterocycles. The van der Waals surface area contributed by atoms with E-state index in [0.29, 0.717) is 13.2 Å². The number of rotatable bonds is 8. The number of benzene rings is 2. The zero-order chi connectivity index (χ0) is 20.0. The number of hydrogen-bond acceptors (Lipinski definition) is 5. The molecule has 6 nitrogen and oxygen atoms in total. The Morgan fingerprint density at radius 3 is 2.43 bits per heavy atom. The van der Waals surface area contributed by atoms with Crippen LogP contribution in [0.1, 0.15) is 21.9 Å². The van der Waals surface area contributed by atoms with E-state index in [-0.39, 0.29) is 22.2 Å². The third kappa shape index (κ3) is 5.23. The fourth-order valence-corrected chi connectivity index (χ4v) is 3.80. The van der Waals surface area contributed by atoms with Crippen molar-refractivity contribution in [2.45, 2.75) is 17.6 Å². The predicted molar refractivity (Wildman–Crippen MR) is 105 cm³/mol. The second-order valence-corrected chi connectivity index (χ2v) is 8.25. The van der Waals surface area contributed by atoms with Crippen molar-refractivity contribution in [3.8, 4) is 5.75 Å². The summed E-state index contributed by atoms with van der Waals surface area (Å²) in [6.07, 6.45) is 0. The van der Waals surface area contributed by atoms with Gasteiger partial charge in [0, 0.05) is 0 Å². The van der Waals surface area contributed by atoms with E-state index >= 15 is 0 Å². The summed E-state index contributed by atoms with van der Waals surface area (Å²) >= 11 is 0. The van der Waals surface area contributed by atoms with Gasteiger partial charge < -0.3 is 14.5 Å². The lowest BCUT2D eigenvalue weighted by molar-refractivity contribution is 0.0918. The fourth-order valence-electron chi connectivity index (χ4n) is 2.53. The smallest absolute Gasteiger partial charge is 0.287 e. The second-order valence-electron chi connectivity index (χ2n) is 6.26. The minimum absolute atomic E-state index is 0.0635. The molecule has 146 valence electrons. The maximum atomic E-state index is 12.4. The highest BCUT2D eigenvalue weighted by Crippen LogP contribution is 2.18. The Labute approximate surface area is 164 Å². The normalized spacial score (nSPS) is 11.2. The largest absolute Gasteiger partial charge is 0.492 e. The highest BCUT2D eigenvalue weighted by molar-refractivity contribution is 7.90. The minimum atomic E-state index is -3.53. The molecule has 7 heteroatoms. The lowest BCUT2D eigenvalue weighted by atomic mass is 10.2. The van der Waals surface area contributed by atoms with E-state index in [1.54, 1.807) is 18.2 Å². The number of hydrogen-bond donors (Lipinski definition) is 1. The topological polar surface area (TPSA) is 85.6 Å². The number of carbonyl (C=O) groups is 1. The molecule has 1 aromatic heterocycles. The third-order valence-corrected chi connectivity index (χ3v) is 5.65. The van der Waals surface area contributed by atoms with E-state index in [1.165, 1.54) is 24.3 Å². The van der Waals surface area contributed by atoms with Gasteiger partial charge in [0.1, 0.15) is 23.9 Å². The van der Waals surface area contributed by atoms with Crippen molar-refractivity contribution in [2.24, 2.45) is 0 Å². The number of carbonyl (C=O) groups excluding carboxylic acids is 1. The third-order valence-electron chi connectivity index (χ3n) is 4.00. The summed E-state index contributed by atoms with van der Waals surface area (Å²) in [5, 5.41) is 2.68. The van der Waals surface area contributed by atoms with Crippen LogP contribution in [0.3, 0.4) is 0 Å². The molecule has 0 saturated carbocycles. The molecular formula is C21H21NO5S. The highest BCUT2D eigenvalue weighted by atomic mass is 32.2. The van der Waals surface area contributed by atoms with Gasteiger partial charge in [-0.1, -0.05) is 35.9 Å². The Bertz CT molecular complexity index is 1020. The molecule has 1 N–H and O–H groups in total. The van der Waals surface area contributed by atoms with Gasteiger partial charge in [-0.25, -0.2) is 8.42 Å². The zero-order valence-corrected chi connectivity index (χ0v) is 16.2. The Morgan fingerprint density at radius 1 is 1.00 bits per heavy atom. The van der Waals surface area contributed by atoms with Gasteiger partial charge in [-0.3, -0.25) is 4.79 Å². The number of amides is 1. The van der Waals surface area contributed by atoms with Crippen molar-refractivity contribution in [3.05, 3.63) is 83.8 Å². The quantitative estimate of drug-likeness (QED) is 0.587. The maximum Gasteiger partial charge on any atom is 0.287 e. The Kier molecular flexibility index (Phi) is 6.16. The van der Waals surface area contributed by atoms with E-state index in [9.17, 15) is 13.2 Å². The molecule has 2 aromatic carbocycles.